The minimum atomic E-state index is -3.92. The van der Waals surface area contributed by atoms with Crippen LogP contribution < -0.4 is 10.0 Å². The molecule has 0 aliphatic rings. The first-order valence-corrected chi connectivity index (χ1v) is 12.9. The van der Waals surface area contributed by atoms with Crippen LogP contribution in [0.4, 0.5) is 11.4 Å². The highest BCUT2D eigenvalue weighted by Gasteiger charge is 2.18. The first kappa shape index (κ1) is 26.0. The van der Waals surface area contributed by atoms with Crippen molar-refractivity contribution < 1.29 is 22.7 Å². The van der Waals surface area contributed by atoms with Crippen LogP contribution in [0.2, 0.25) is 0 Å². The van der Waals surface area contributed by atoms with Crippen LogP contribution in [0.25, 0.3) is 0 Å². The highest BCUT2D eigenvalue weighted by molar-refractivity contribution is 7.92. The Labute approximate surface area is 206 Å². The van der Waals surface area contributed by atoms with Gasteiger partial charge in [0.05, 0.1) is 10.5 Å². The van der Waals surface area contributed by atoms with Crippen LogP contribution in [0.5, 0.6) is 0 Å². The fourth-order valence-corrected chi connectivity index (χ4v) is 4.46. The molecule has 0 radical (unpaired) electrons. The Kier molecular flexibility index (Phi) is 8.65. The van der Waals surface area contributed by atoms with Gasteiger partial charge in [-0.3, -0.25) is 9.52 Å². The number of hydrogen-bond acceptors (Lipinski definition) is 5. The van der Waals surface area contributed by atoms with Crippen molar-refractivity contribution in [3.8, 4) is 0 Å². The third-order valence-corrected chi connectivity index (χ3v) is 6.91. The minimum absolute atomic E-state index is 0.0294. The topological polar surface area (TPSA) is 102 Å². The number of anilines is 2. The Hall–Kier alpha value is -3.65. The Bertz CT molecular complexity index is 1300. The van der Waals surface area contributed by atoms with Crippen LogP contribution in [-0.4, -0.2) is 26.9 Å². The van der Waals surface area contributed by atoms with Crippen molar-refractivity contribution >= 4 is 33.3 Å². The minimum Gasteiger partial charge on any atom is -0.452 e. The molecule has 0 spiro atoms. The molecule has 7 nitrogen and oxygen atoms in total. The third kappa shape index (κ3) is 7.42. The maximum Gasteiger partial charge on any atom is 0.338 e. The number of sulfonamides is 1. The highest BCUT2D eigenvalue weighted by atomic mass is 32.2. The van der Waals surface area contributed by atoms with Gasteiger partial charge in [-0.1, -0.05) is 37.6 Å². The van der Waals surface area contributed by atoms with Gasteiger partial charge in [0.2, 0.25) is 0 Å². The molecular weight excluding hydrogens is 464 g/mol. The zero-order valence-electron chi connectivity index (χ0n) is 20.1. The number of nitrogens with one attached hydrogen (secondary N) is 2. The van der Waals surface area contributed by atoms with Crippen LogP contribution >= 0.6 is 0 Å². The molecule has 1 amide bonds. The number of benzene rings is 3. The number of hydrogen-bond donors (Lipinski definition) is 2. The maximum atomic E-state index is 12.8. The average Bonchev–Trinajstić information content (AvgIpc) is 2.84. The van der Waals surface area contributed by atoms with E-state index in [9.17, 15) is 18.0 Å². The van der Waals surface area contributed by atoms with Crippen molar-refractivity contribution in [2.45, 2.75) is 44.9 Å². The van der Waals surface area contributed by atoms with E-state index >= 15 is 0 Å². The maximum absolute atomic E-state index is 12.8. The van der Waals surface area contributed by atoms with Gasteiger partial charge in [0.15, 0.2) is 6.61 Å². The predicted octanol–water partition coefficient (Wildman–Crippen LogP) is 5.24. The van der Waals surface area contributed by atoms with Crippen molar-refractivity contribution in [2.75, 3.05) is 16.6 Å². The molecule has 0 saturated carbocycles. The summed E-state index contributed by atoms with van der Waals surface area (Å²) in [5, 5.41) is 2.67. The van der Waals surface area contributed by atoms with Crippen molar-refractivity contribution in [3.63, 3.8) is 0 Å². The van der Waals surface area contributed by atoms with Gasteiger partial charge in [0.25, 0.3) is 15.9 Å². The summed E-state index contributed by atoms with van der Waals surface area (Å²) in [4.78, 5) is 24.5. The largest absolute Gasteiger partial charge is 0.452 e. The van der Waals surface area contributed by atoms with Crippen molar-refractivity contribution in [1.82, 2.24) is 0 Å². The number of unbranched alkanes of at least 4 members (excludes halogenated alkanes) is 1. The van der Waals surface area contributed by atoms with Crippen molar-refractivity contribution in [2.24, 2.45) is 0 Å². The van der Waals surface area contributed by atoms with E-state index < -0.39 is 28.5 Å². The Morgan fingerprint density at radius 2 is 1.60 bits per heavy atom. The zero-order valence-corrected chi connectivity index (χ0v) is 20.9. The molecule has 2 N–H and O–H groups in total. The van der Waals surface area contributed by atoms with Gasteiger partial charge in [0.1, 0.15) is 0 Å². The molecule has 0 fully saturated rings. The second kappa shape index (κ2) is 11.7. The Morgan fingerprint density at radius 3 is 2.29 bits per heavy atom. The molecule has 8 heteroatoms. The lowest BCUT2D eigenvalue weighted by Gasteiger charge is -2.11. The quantitative estimate of drug-likeness (QED) is 0.375. The van der Waals surface area contributed by atoms with Crippen molar-refractivity contribution in [1.29, 1.82) is 0 Å². The molecule has 0 atom stereocenters. The van der Waals surface area contributed by atoms with Crippen LogP contribution in [0, 0.1) is 13.8 Å². The summed E-state index contributed by atoms with van der Waals surface area (Å²) in [6.45, 7) is 5.53. The molecule has 184 valence electrons. The summed E-state index contributed by atoms with van der Waals surface area (Å²) in [5.74, 6) is -1.29. The van der Waals surface area contributed by atoms with E-state index in [-0.39, 0.29) is 10.5 Å². The van der Waals surface area contributed by atoms with E-state index in [1.54, 1.807) is 18.2 Å². The zero-order chi connectivity index (χ0) is 25.4. The molecule has 0 unspecified atom stereocenters. The standard InChI is InChI=1S/C27H30N2O5S/c1-4-5-7-21-11-14-23(15-12-21)29-35(32,33)25-9-6-8-22(17-25)27(31)34-18-26(30)28-24-13-10-19(2)20(3)16-24/h6,8-17,29H,4-5,7,18H2,1-3H3,(H,28,30). The Balaban J connectivity index is 1.61. The van der Waals surface area contributed by atoms with Gasteiger partial charge in [0, 0.05) is 11.4 Å². The average molecular weight is 495 g/mol. The summed E-state index contributed by atoms with van der Waals surface area (Å²) < 4.78 is 33.3. The Morgan fingerprint density at radius 1 is 0.886 bits per heavy atom. The predicted molar refractivity (Wildman–Crippen MR) is 137 cm³/mol. The SMILES string of the molecule is CCCCc1ccc(NS(=O)(=O)c2cccc(C(=O)OCC(=O)Nc3ccc(C)c(C)c3)c2)cc1. The van der Waals surface area contributed by atoms with Crippen LogP contribution in [0.3, 0.4) is 0 Å². The van der Waals surface area contributed by atoms with Gasteiger partial charge < -0.3 is 10.1 Å². The number of carbonyl (C=O) groups excluding carboxylic acids is 2. The smallest absolute Gasteiger partial charge is 0.338 e. The van der Waals surface area contributed by atoms with E-state index in [2.05, 4.69) is 17.0 Å². The monoisotopic (exact) mass is 494 g/mol. The molecule has 3 rings (SSSR count). The lowest BCUT2D eigenvalue weighted by atomic mass is 10.1. The molecule has 0 aliphatic carbocycles. The summed E-state index contributed by atoms with van der Waals surface area (Å²) in [6.07, 6.45) is 3.10. The normalized spacial score (nSPS) is 11.1. The fraction of sp³-hybridized carbons (Fsp3) is 0.259. The second-order valence-electron chi connectivity index (χ2n) is 8.36. The fourth-order valence-electron chi connectivity index (χ4n) is 3.36. The van der Waals surface area contributed by atoms with E-state index in [0.717, 1.165) is 36.0 Å². The summed E-state index contributed by atoms with van der Waals surface area (Å²) >= 11 is 0. The number of aryl methyl sites for hydroxylation is 3. The van der Waals surface area contributed by atoms with E-state index in [4.69, 9.17) is 4.74 Å². The molecule has 0 saturated heterocycles. The van der Waals surface area contributed by atoms with E-state index in [0.29, 0.717) is 11.4 Å². The van der Waals surface area contributed by atoms with Gasteiger partial charge >= 0.3 is 5.97 Å². The lowest BCUT2D eigenvalue weighted by Crippen LogP contribution is -2.21. The van der Waals surface area contributed by atoms with Crippen LogP contribution in [-0.2, 0) is 26.0 Å². The number of esters is 1. The third-order valence-electron chi connectivity index (χ3n) is 5.53. The molecule has 0 bridgehead atoms. The molecular formula is C27H30N2O5S. The molecule has 0 heterocycles. The molecule has 3 aromatic carbocycles. The van der Waals surface area contributed by atoms with E-state index in [1.165, 1.54) is 24.3 Å². The lowest BCUT2D eigenvalue weighted by molar-refractivity contribution is -0.119. The first-order valence-electron chi connectivity index (χ1n) is 11.4. The number of amides is 1. The number of ether oxygens (including phenoxy) is 1. The van der Waals surface area contributed by atoms with E-state index in [1.807, 2.05) is 38.1 Å². The summed E-state index contributed by atoms with van der Waals surface area (Å²) in [7, 11) is -3.92. The summed E-state index contributed by atoms with van der Waals surface area (Å²) in [5.41, 5.74) is 4.33. The number of carbonyl (C=O) groups is 2. The van der Waals surface area contributed by atoms with Crippen LogP contribution in [0.1, 0.15) is 46.8 Å². The van der Waals surface area contributed by atoms with Gasteiger partial charge in [-0.2, -0.15) is 0 Å². The molecule has 3 aromatic rings. The van der Waals surface area contributed by atoms with Crippen LogP contribution in [0.15, 0.2) is 71.6 Å². The molecule has 35 heavy (non-hydrogen) atoms. The molecule has 0 aliphatic heterocycles. The van der Waals surface area contributed by atoms with Gasteiger partial charge in [-0.25, -0.2) is 13.2 Å². The molecule has 0 aromatic heterocycles. The van der Waals surface area contributed by atoms with Gasteiger partial charge in [-0.05, 0) is 85.8 Å². The highest BCUT2D eigenvalue weighted by Crippen LogP contribution is 2.19. The van der Waals surface area contributed by atoms with Gasteiger partial charge in [-0.15, -0.1) is 0 Å². The summed E-state index contributed by atoms with van der Waals surface area (Å²) in [6, 6.07) is 18.2. The first-order chi connectivity index (χ1) is 16.7. The second-order valence-corrected chi connectivity index (χ2v) is 10.0. The van der Waals surface area contributed by atoms with Crippen molar-refractivity contribution in [3.05, 3.63) is 89.0 Å². The number of rotatable bonds is 10.